The van der Waals surface area contributed by atoms with E-state index in [1.165, 1.54) is 11.8 Å². The molecule has 1 aromatic carbocycles. The van der Waals surface area contributed by atoms with E-state index < -0.39 is 9.05 Å². The van der Waals surface area contributed by atoms with Crippen LogP contribution in [0.3, 0.4) is 0 Å². The highest BCUT2D eigenvalue weighted by Crippen LogP contribution is 2.19. The van der Waals surface area contributed by atoms with Crippen LogP contribution in [0.25, 0.3) is 10.8 Å². The molecule has 0 radical (unpaired) electrons. The molecule has 1 heterocycles. The first-order valence-corrected chi connectivity index (χ1v) is 8.59. The summed E-state index contributed by atoms with van der Waals surface area (Å²) in [5, 5.41) is 2.09. The molecule has 18 heavy (non-hydrogen) atoms. The number of halogens is 1. The number of fused-ring (bicyclic) bond motifs is 1. The maximum Gasteiger partial charge on any atom is 0.256 e. The zero-order chi connectivity index (χ0) is 13.2. The third kappa shape index (κ3) is 3.51. The first kappa shape index (κ1) is 13.5. The second kappa shape index (κ2) is 5.34. The molecule has 0 amide bonds. The van der Waals surface area contributed by atoms with Crippen LogP contribution < -0.4 is 5.56 Å². The zero-order valence-corrected chi connectivity index (χ0v) is 11.6. The van der Waals surface area contributed by atoms with Crippen molar-refractivity contribution in [3.05, 3.63) is 40.7 Å². The minimum atomic E-state index is -3.49. The van der Waals surface area contributed by atoms with Gasteiger partial charge in [0.05, 0.1) is 10.8 Å². The summed E-state index contributed by atoms with van der Waals surface area (Å²) in [6, 6.07) is 9.05. The molecule has 2 aromatic rings. The fraction of sp³-hybridized carbons (Fsp3) is 0.182. The van der Waals surface area contributed by atoms with Gasteiger partial charge >= 0.3 is 0 Å². The van der Waals surface area contributed by atoms with Crippen molar-refractivity contribution < 1.29 is 8.42 Å². The number of rotatable bonds is 4. The summed E-state index contributed by atoms with van der Waals surface area (Å²) in [6.45, 7) is 0. The van der Waals surface area contributed by atoms with Crippen molar-refractivity contribution in [2.75, 3.05) is 11.5 Å². The third-order valence-electron chi connectivity index (χ3n) is 2.31. The third-order valence-corrected chi connectivity index (χ3v) is 4.67. The Kier molecular flexibility index (Phi) is 3.99. The highest BCUT2D eigenvalue weighted by Gasteiger charge is 2.06. The molecule has 1 N–H and O–H groups in total. The molecule has 0 spiro atoms. The Balaban J connectivity index is 2.22. The summed E-state index contributed by atoms with van der Waals surface area (Å²) in [6.07, 6.45) is 0. The van der Waals surface area contributed by atoms with Crippen molar-refractivity contribution in [2.24, 2.45) is 0 Å². The van der Waals surface area contributed by atoms with Crippen molar-refractivity contribution in [1.82, 2.24) is 4.98 Å². The number of pyridine rings is 1. The standard InChI is InChI=1S/C11H10ClNO3S2/c12-18(15,16)6-5-17-10-7-8-3-1-2-4-9(8)11(14)13-10/h1-4,7H,5-6H2,(H,13,14). The van der Waals surface area contributed by atoms with Crippen molar-refractivity contribution in [3.63, 3.8) is 0 Å². The molecule has 0 bridgehead atoms. The van der Waals surface area contributed by atoms with Gasteiger partial charge in [-0.1, -0.05) is 18.2 Å². The number of H-pyrrole nitrogens is 1. The predicted molar refractivity (Wildman–Crippen MR) is 74.9 cm³/mol. The van der Waals surface area contributed by atoms with Gasteiger partial charge in [-0.15, -0.1) is 11.8 Å². The van der Waals surface area contributed by atoms with Crippen LogP contribution in [0.4, 0.5) is 0 Å². The largest absolute Gasteiger partial charge is 0.317 e. The minimum Gasteiger partial charge on any atom is -0.317 e. The number of aromatic amines is 1. The number of thioether (sulfide) groups is 1. The number of hydrogen-bond acceptors (Lipinski definition) is 4. The van der Waals surface area contributed by atoms with E-state index in [1.54, 1.807) is 12.1 Å². The second-order valence-corrected chi connectivity index (χ2v) is 7.67. The van der Waals surface area contributed by atoms with E-state index in [0.717, 1.165) is 5.39 Å². The van der Waals surface area contributed by atoms with Crippen molar-refractivity contribution in [2.45, 2.75) is 5.03 Å². The molecular formula is C11H10ClNO3S2. The first-order chi connectivity index (χ1) is 8.46. The SMILES string of the molecule is O=c1[nH]c(SCCS(=O)(=O)Cl)cc2ccccc12. The summed E-state index contributed by atoms with van der Waals surface area (Å²) in [7, 11) is 1.63. The zero-order valence-electron chi connectivity index (χ0n) is 9.22. The normalized spacial score (nSPS) is 11.8. The predicted octanol–water partition coefficient (Wildman–Crippen LogP) is 2.19. The van der Waals surface area contributed by atoms with Gasteiger partial charge in [0.15, 0.2) is 0 Å². The molecule has 2 rings (SSSR count). The van der Waals surface area contributed by atoms with Gasteiger partial charge in [-0.2, -0.15) is 0 Å². The Morgan fingerprint density at radius 1 is 1.28 bits per heavy atom. The van der Waals surface area contributed by atoms with Gasteiger partial charge in [0.1, 0.15) is 0 Å². The maximum absolute atomic E-state index is 11.7. The van der Waals surface area contributed by atoms with Gasteiger partial charge in [0, 0.05) is 21.8 Å². The lowest BCUT2D eigenvalue weighted by atomic mass is 10.2. The Hall–Kier alpha value is -0.980. The lowest BCUT2D eigenvalue weighted by molar-refractivity contribution is 0.611. The van der Waals surface area contributed by atoms with E-state index >= 15 is 0 Å². The van der Waals surface area contributed by atoms with Crippen LogP contribution in [0.5, 0.6) is 0 Å². The topological polar surface area (TPSA) is 67.0 Å². The molecule has 0 unspecified atom stereocenters. The van der Waals surface area contributed by atoms with Crippen LogP contribution in [0.2, 0.25) is 0 Å². The Morgan fingerprint density at radius 2 is 2.00 bits per heavy atom. The highest BCUT2D eigenvalue weighted by atomic mass is 35.7. The summed E-state index contributed by atoms with van der Waals surface area (Å²) < 4.78 is 21.6. The van der Waals surface area contributed by atoms with Crippen molar-refractivity contribution in [3.8, 4) is 0 Å². The number of aromatic nitrogens is 1. The highest BCUT2D eigenvalue weighted by molar-refractivity contribution is 8.14. The average molecular weight is 304 g/mol. The smallest absolute Gasteiger partial charge is 0.256 e. The van der Waals surface area contributed by atoms with Crippen LogP contribution in [-0.4, -0.2) is 24.9 Å². The molecule has 0 aliphatic rings. The Bertz CT molecular complexity index is 724. The summed E-state index contributed by atoms with van der Waals surface area (Å²) >= 11 is 1.26. The second-order valence-electron chi connectivity index (χ2n) is 3.64. The molecule has 0 atom stereocenters. The lowest BCUT2D eigenvalue weighted by Crippen LogP contribution is -2.07. The molecule has 0 aliphatic carbocycles. The number of nitrogens with one attached hydrogen (secondary N) is 1. The van der Waals surface area contributed by atoms with Gasteiger partial charge in [-0.3, -0.25) is 4.79 Å². The van der Waals surface area contributed by atoms with E-state index in [9.17, 15) is 13.2 Å². The van der Waals surface area contributed by atoms with E-state index in [-0.39, 0.29) is 11.3 Å². The monoisotopic (exact) mass is 303 g/mol. The number of hydrogen-bond donors (Lipinski definition) is 1. The van der Waals surface area contributed by atoms with E-state index in [2.05, 4.69) is 4.98 Å². The van der Waals surface area contributed by atoms with Gasteiger partial charge in [0.25, 0.3) is 5.56 Å². The number of benzene rings is 1. The van der Waals surface area contributed by atoms with Crippen LogP contribution in [-0.2, 0) is 9.05 Å². The fourth-order valence-electron chi connectivity index (χ4n) is 1.52. The maximum atomic E-state index is 11.7. The molecule has 0 aliphatic heterocycles. The summed E-state index contributed by atoms with van der Waals surface area (Å²) in [5.74, 6) is 0.175. The molecule has 1 aromatic heterocycles. The summed E-state index contributed by atoms with van der Waals surface area (Å²) in [5.41, 5.74) is -0.177. The molecule has 0 fully saturated rings. The Morgan fingerprint density at radius 3 is 2.72 bits per heavy atom. The van der Waals surface area contributed by atoms with Gasteiger partial charge in [-0.05, 0) is 17.5 Å². The van der Waals surface area contributed by atoms with Gasteiger partial charge < -0.3 is 4.98 Å². The van der Waals surface area contributed by atoms with Crippen LogP contribution >= 0.6 is 22.4 Å². The molecule has 96 valence electrons. The van der Waals surface area contributed by atoms with Crippen LogP contribution in [0.1, 0.15) is 0 Å². The minimum absolute atomic E-state index is 0.131. The quantitative estimate of drug-likeness (QED) is 0.694. The van der Waals surface area contributed by atoms with E-state index in [0.29, 0.717) is 16.2 Å². The van der Waals surface area contributed by atoms with Crippen molar-refractivity contribution >= 4 is 42.3 Å². The molecule has 0 saturated heterocycles. The van der Waals surface area contributed by atoms with Gasteiger partial charge in [-0.25, -0.2) is 8.42 Å². The van der Waals surface area contributed by atoms with E-state index in [1.807, 2.05) is 18.2 Å². The Labute approximate surface area is 113 Å². The molecule has 7 heteroatoms. The molecular weight excluding hydrogens is 294 g/mol. The van der Waals surface area contributed by atoms with Crippen molar-refractivity contribution in [1.29, 1.82) is 0 Å². The first-order valence-electron chi connectivity index (χ1n) is 5.13. The molecule has 4 nitrogen and oxygen atoms in total. The average Bonchev–Trinajstić information content (AvgIpc) is 2.27. The van der Waals surface area contributed by atoms with Crippen LogP contribution in [0.15, 0.2) is 40.2 Å². The lowest BCUT2D eigenvalue weighted by Gasteiger charge is -2.02. The summed E-state index contributed by atoms with van der Waals surface area (Å²) in [4.78, 5) is 14.5. The van der Waals surface area contributed by atoms with E-state index in [4.69, 9.17) is 10.7 Å². The van der Waals surface area contributed by atoms with Gasteiger partial charge in [0.2, 0.25) is 9.05 Å². The fourth-order valence-corrected chi connectivity index (χ4v) is 3.81. The molecule has 0 saturated carbocycles. The van der Waals surface area contributed by atoms with Crippen LogP contribution in [0, 0.1) is 0 Å².